The number of nitrogens with zero attached hydrogens (tertiary/aromatic N) is 1. The number of alkyl carbamates (subject to hydrolysis) is 1. The van der Waals surface area contributed by atoms with Crippen molar-refractivity contribution in [3.05, 3.63) is 93.5 Å². The lowest BCUT2D eigenvalue weighted by atomic mass is 10.0. The molecule has 0 aliphatic heterocycles. The minimum atomic E-state index is -4.73. The van der Waals surface area contributed by atoms with Gasteiger partial charge in [-0.15, -0.1) is 0 Å². The second kappa shape index (κ2) is 13.8. The fourth-order valence-electron chi connectivity index (χ4n) is 4.50. The van der Waals surface area contributed by atoms with Crippen LogP contribution in [0.25, 0.3) is 0 Å². The van der Waals surface area contributed by atoms with Crippen molar-refractivity contribution in [1.82, 2.24) is 10.2 Å². The van der Waals surface area contributed by atoms with Gasteiger partial charge in [0.1, 0.15) is 18.0 Å². The van der Waals surface area contributed by atoms with Crippen LogP contribution in [0, 0.1) is 20.8 Å². The third-order valence-electron chi connectivity index (χ3n) is 6.53. The maximum absolute atomic E-state index is 13.6. The van der Waals surface area contributed by atoms with Crippen LogP contribution < -0.4 is 15.4 Å². The highest BCUT2D eigenvalue weighted by Crippen LogP contribution is 2.32. The quantitative estimate of drug-likeness (QED) is 0.272. The van der Waals surface area contributed by atoms with Crippen LogP contribution in [0.2, 0.25) is 0 Å². The molecule has 3 aromatic rings. The number of hydrogen-bond donors (Lipinski definition) is 2. The van der Waals surface area contributed by atoms with E-state index in [0.717, 1.165) is 45.7 Å². The number of aryl methyl sites for hydroxylation is 3. The van der Waals surface area contributed by atoms with Crippen LogP contribution in [-0.2, 0) is 40.2 Å². The van der Waals surface area contributed by atoms with Crippen LogP contribution in [-0.4, -0.2) is 35.5 Å². The Balaban J connectivity index is 1.68. The molecule has 2 N–H and O–H groups in total. The lowest BCUT2D eigenvalue weighted by Gasteiger charge is -2.20. The molecule has 0 aromatic heterocycles. The van der Waals surface area contributed by atoms with Crippen molar-refractivity contribution in [2.75, 3.05) is 12.4 Å². The summed E-state index contributed by atoms with van der Waals surface area (Å²) in [6, 6.07) is 14.5. The van der Waals surface area contributed by atoms with Crippen LogP contribution in [0.3, 0.4) is 0 Å². The number of likely N-dealkylation sites (N-methyl/N-ethyl adjacent to an activating group) is 1. The number of rotatable bonds is 8. The summed E-state index contributed by atoms with van der Waals surface area (Å²) in [7, 11) is 1.43. The van der Waals surface area contributed by atoms with Crippen molar-refractivity contribution >= 4 is 23.6 Å². The van der Waals surface area contributed by atoms with Crippen molar-refractivity contribution in [3.8, 4) is 5.75 Å². The second-order valence-corrected chi connectivity index (χ2v) is 11.7. The highest BCUT2D eigenvalue weighted by atomic mass is 19.4. The number of benzene rings is 3. The summed E-state index contributed by atoms with van der Waals surface area (Å²) < 4.78 is 51.9. The molecule has 3 amide bonds. The molecule has 0 atom stereocenters. The van der Waals surface area contributed by atoms with E-state index in [1.165, 1.54) is 18.0 Å². The molecule has 44 heavy (non-hydrogen) atoms. The van der Waals surface area contributed by atoms with Crippen LogP contribution in [0.1, 0.15) is 59.7 Å². The Labute approximate surface area is 255 Å². The number of amides is 3. The smallest absolute Gasteiger partial charge is 0.416 e. The highest BCUT2D eigenvalue weighted by molar-refractivity contribution is 6.39. The number of anilines is 1. The molecule has 236 valence electrons. The van der Waals surface area contributed by atoms with Gasteiger partial charge in [-0.05, 0) is 93.1 Å². The molecule has 0 heterocycles. The molecular formula is C33H38F3N3O5. The van der Waals surface area contributed by atoms with Crippen molar-refractivity contribution in [2.24, 2.45) is 0 Å². The second-order valence-electron chi connectivity index (χ2n) is 11.7. The molecule has 0 saturated carbocycles. The van der Waals surface area contributed by atoms with Crippen LogP contribution >= 0.6 is 0 Å². The SMILES string of the molecule is Cc1ccccc1COc1c(C)cc(CN(C)C(=O)C(=O)Nc2cc(CNC(=O)OC(C)(C)C)cc(C(F)(F)F)c2)cc1C. The van der Waals surface area contributed by atoms with Gasteiger partial charge in [-0.2, -0.15) is 13.2 Å². The number of hydrogen-bond acceptors (Lipinski definition) is 5. The van der Waals surface area contributed by atoms with E-state index in [2.05, 4.69) is 10.6 Å². The van der Waals surface area contributed by atoms with E-state index < -0.39 is 35.2 Å². The zero-order valence-corrected chi connectivity index (χ0v) is 25.9. The van der Waals surface area contributed by atoms with Gasteiger partial charge >= 0.3 is 24.1 Å². The molecule has 0 aliphatic rings. The number of alkyl halides is 3. The largest absolute Gasteiger partial charge is 0.488 e. The molecule has 0 radical (unpaired) electrons. The first-order chi connectivity index (χ1) is 20.4. The lowest BCUT2D eigenvalue weighted by molar-refractivity contribution is -0.142. The Morgan fingerprint density at radius 3 is 2.09 bits per heavy atom. The van der Waals surface area contributed by atoms with Gasteiger partial charge in [0.2, 0.25) is 0 Å². The molecule has 0 fully saturated rings. The predicted octanol–water partition coefficient (Wildman–Crippen LogP) is 6.83. The van der Waals surface area contributed by atoms with Gasteiger partial charge in [0.15, 0.2) is 0 Å². The van der Waals surface area contributed by atoms with Gasteiger partial charge in [-0.3, -0.25) is 9.59 Å². The van der Waals surface area contributed by atoms with E-state index in [-0.39, 0.29) is 24.3 Å². The van der Waals surface area contributed by atoms with Crippen LogP contribution in [0.15, 0.2) is 54.6 Å². The summed E-state index contributed by atoms with van der Waals surface area (Å²) in [6.07, 6.45) is -5.54. The molecule has 11 heteroatoms. The van der Waals surface area contributed by atoms with E-state index >= 15 is 0 Å². The summed E-state index contributed by atoms with van der Waals surface area (Å²) in [4.78, 5) is 38.8. The zero-order chi connectivity index (χ0) is 32.8. The lowest BCUT2D eigenvalue weighted by Crippen LogP contribution is -2.36. The summed E-state index contributed by atoms with van der Waals surface area (Å²) in [6.45, 7) is 10.9. The summed E-state index contributed by atoms with van der Waals surface area (Å²) >= 11 is 0. The number of halogens is 3. The molecule has 0 saturated heterocycles. The standard InChI is InChI=1S/C33H38F3N3O5/c1-20-10-8-9-11-25(20)19-43-28-21(2)12-24(13-22(28)3)18-39(7)30(41)29(40)38-27-15-23(14-26(16-27)33(34,35)36)17-37-31(42)44-32(4,5)6/h8-16H,17-19H2,1-7H3,(H,37,42)(H,38,40). The van der Waals surface area contributed by atoms with Gasteiger partial charge < -0.3 is 25.0 Å². The summed E-state index contributed by atoms with van der Waals surface area (Å²) in [5.74, 6) is -1.32. The van der Waals surface area contributed by atoms with Crippen molar-refractivity contribution < 1.29 is 37.0 Å². The number of carbonyl (C=O) groups is 3. The Kier molecular flexibility index (Phi) is 10.7. The van der Waals surface area contributed by atoms with Gasteiger partial charge in [0.05, 0.1) is 5.56 Å². The third kappa shape index (κ3) is 9.75. The maximum atomic E-state index is 13.6. The number of carbonyl (C=O) groups excluding carboxylic acids is 3. The van der Waals surface area contributed by atoms with E-state index in [4.69, 9.17) is 9.47 Å². The Bertz CT molecular complexity index is 1510. The number of nitrogens with one attached hydrogen (secondary N) is 2. The molecule has 0 unspecified atom stereocenters. The van der Waals surface area contributed by atoms with E-state index in [1.807, 2.05) is 57.2 Å². The first-order valence-corrected chi connectivity index (χ1v) is 13.9. The average molecular weight is 614 g/mol. The average Bonchev–Trinajstić information content (AvgIpc) is 2.90. The van der Waals surface area contributed by atoms with Crippen LogP contribution in [0.4, 0.5) is 23.7 Å². The van der Waals surface area contributed by atoms with Crippen molar-refractivity contribution in [1.29, 1.82) is 0 Å². The monoisotopic (exact) mass is 613 g/mol. The van der Waals surface area contributed by atoms with Gasteiger partial charge in [-0.1, -0.05) is 36.4 Å². The molecule has 0 bridgehead atoms. The molecule has 3 aromatic carbocycles. The molecule has 0 spiro atoms. The maximum Gasteiger partial charge on any atom is 0.416 e. The van der Waals surface area contributed by atoms with Gasteiger partial charge in [-0.25, -0.2) is 4.79 Å². The van der Waals surface area contributed by atoms with Gasteiger partial charge in [0, 0.05) is 25.8 Å². The van der Waals surface area contributed by atoms with E-state index in [9.17, 15) is 27.6 Å². The summed E-state index contributed by atoms with van der Waals surface area (Å²) in [5.41, 5.74) is 2.63. The highest BCUT2D eigenvalue weighted by Gasteiger charge is 2.32. The molecule has 8 nitrogen and oxygen atoms in total. The normalized spacial score (nSPS) is 11.5. The molecular weight excluding hydrogens is 575 g/mol. The molecule has 0 aliphatic carbocycles. The van der Waals surface area contributed by atoms with Crippen LogP contribution in [0.5, 0.6) is 5.75 Å². The Morgan fingerprint density at radius 2 is 1.50 bits per heavy atom. The van der Waals surface area contributed by atoms with Crippen molar-refractivity contribution in [2.45, 2.75) is 73.0 Å². The first-order valence-electron chi connectivity index (χ1n) is 13.9. The topological polar surface area (TPSA) is 97.0 Å². The molecule has 3 rings (SSSR count). The Hall–Kier alpha value is -4.54. The number of ether oxygens (including phenoxy) is 2. The van der Waals surface area contributed by atoms with Crippen molar-refractivity contribution in [3.63, 3.8) is 0 Å². The summed E-state index contributed by atoms with van der Waals surface area (Å²) in [5, 5.41) is 4.65. The minimum absolute atomic E-state index is 0.0532. The fourth-order valence-corrected chi connectivity index (χ4v) is 4.50. The first kappa shape index (κ1) is 34.0. The zero-order valence-electron chi connectivity index (χ0n) is 25.9. The minimum Gasteiger partial charge on any atom is -0.488 e. The van der Waals surface area contributed by atoms with E-state index in [1.54, 1.807) is 20.8 Å². The fraction of sp³-hybridized carbons (Fsp3) is 0.364. The Morgan fingerprint density at radius 1 is 0.864 bits per heavy atom. The predicted molar refractivity (Wildman–Crippen MR) is 161 cm³/mol. The third-order valence-corrected chi connectivity index (χ3v) is 6.53. The van der Waals surface area contributed by atoms with E-state index in [0.29, 0.717) is 6.61 Å². The van der Waals surface area contributed by atoms with Gasteiger partial charge in [0.25, 0.3) is 0 Å².